The molecule has 0 saturated carbocycles. The third kappa shape index (κ3) is 3.27. The van der Waals surface area contributed by atoms with Crippen molar-refractivity contribution in [1.29, 1.82) is 0 Å². The highest BCUT2D eigenvalue weighted by Gasteiger charge is 2.36. The summed E-state index contributed by atoms with van der Waals surface area (Å²) in [6, 6.07) is 11.5. The summed E-state index contributed by atoms with van der Waals surface area (Å²) in [6.45, 7) is 4.76. The van der Waals surface area contributed by atoms with Crippen LogP contribution in [0.4, 0.5) is 0 Å². The number of hydrogen-bond acceptors (Lipinski definition) is 5. The molecule has 0 saturated heterocycles. The maximum absolute atomic E-state index is 13.3. The first-order valence-corrected chi connectivity index (χ1v) is 12.1. The van der Waals surface area contributed by atoms with Crippen LogP contribution in [0.25, 0.3) is 5.52 Å². The molecular weight excluding hydrogens is 398 g/mol. The number of benzene rings is 1. The van der Waals surface area contributed by atoms with Crippen molar-refractivity contribution in [1.82, 2.24) is 4.40 Å². The van der Waals surface area contributed by atoms with Crippen LogP contribution < -0.4 is 0 Å². The molecule has 0 N–H and O–H groups in total. The second-order valence-corrected chi connectivity index (χ2v) is 10.9. The summed E-state index contributed by atoms with van der Waals surface area (Å²) in [6.07, 6.45) is 1.51. The number of carbonyl (C=O) groups excluding carboxylic acids is 1. The van der Waals surface area contributed by atoms with Gasteiger partial charge in [-0.1, -0.05) is 49.7 Å². The van der Waals surface area contributed by atoms with E-state index in [1.165, 1.54) is 30.5 Å². The van der Waals surface area contributed by atoms with Crippen molar-refractivity contribution in [3.63, 3.8) is 0 Å². The summed E-state index contributed by atoms with van der Waals surface area (Å²) >= 11 is 0. The Labute approximate surface area is 164 Å². The molecule has 0 radical (unpaired) electrons. The Bertz CT molecular complexity index is 1270. The van der Waals surface area contributed by atoms with Gasteiger partial charge in [0, 0.05) is 11.8 Å². The molecule has 0 unspecified atom stereocenters. The normalized spacial score (nSPS) is 12.4. The zero-order valence-electron chi connectivity index (χ0n) is 15.8. The molecule has 8 heteroatoms. The quantitative estimate of drug-likeness (QED) is 0.573. The Morgan fingerprint density at radius 3 is 2.00 bits per heavy atom. The van der Waals surface area contributed by atoms with Crippen LogP contribution in [0.3, 0.4) is 0 Å². The van der Waals surface area contributed by atoms with Crippen molar-refractivity contribution in [2.24, 2.45) is 0 Å². The highest BCUT2D eigenvalue weighted by Crippen LogP contribution is 2.34. The second kappa shape index (κ2) is 7.18. The van der Waals surface area contributed by atoms with E-state index >= 15 is 0 Å². The van der Waals surface area contributed by atoms with E-state index in [9.17, 15) is 21.6 Å². The number of hydrogen-bond donors (Lipinski definition) is 0. The summed E-state index contributed by atoms with van der Waals surface area (Å²) < 4.78 is 52.9. The zero-order valence-corrected chi connectivity index (χ0v) is 17.5. The van der Waals surface area contributed by atoms with E-state index in [-0.39, 0.29) is 27.6 Å². The molecule has 0 amide bonds. The van der Waals surface area contributed by atoms with Gasteiger partial charge in [0.25, 0.3) is 0 Å². The smallest absolute Gasteiger partial charge is 0.211 e. The first-order chi connectivity index (χ1) is 13.1. The molecule has 2 heterocycles. The van der Waals surface area contributed by atoms with E-state index in [1.807, 2.05) is 6.92 Å². The van der Waals surface area contributed by atoms with Crippen LogP contribution in [0.15, 0.2) is 58.5 Å². The molecule has 28 heavy (non-hydrogen) atoms. The third-order valence-corrected chi connectivity index (χ3v) is 8.37. The largest absolute Gasteiger partial charge is 0.311 e. The highest BCUT2D eigenvalue weighted by molar-refractivity contribution is 7.94. The van der Waals surface area contributed by atoms with Crippen molar-refractivity contribution < 1.29 is 21.6 Å². The summed E-state index contributed by atoms with van der Waals surface area (Å²) in [5.41, 5.74) is 1.29. The summed E-state index contributed by atoms with van der Waals surface area (Å²) in [5, 5.41) is 0. The lowest BCUT2D eigenvalue weighted by Crippen LogP contribution is -2.15. The molecule has 0 spiro atoms. The van der Waals surface area contributed by atoms with Gasteiger partial charge >= 0.3 is 0 Å². The summed E-state index contributed by atoms with van der Waals surface area (Å²) in [7, 11) is -7.90. The Kier molecular flexibility index (Phi) is 5.20. The number of sulfone groups is 2. The summed E-state index contributed by atoms with van der Waals surface area (Å²) in [5.74, 6) is -1.12. The van der Waals surface area contributed by atoms with Gasteiger partial charge in [-0.25, -0.2) is 16.8 Å². The van der Waals surface area contributed by atoms with Gasteiger partial charge in [0.2, 0.25) is 5.78 Å². The van der Waals surface area contributed by atoms with E-state index in [0.29, 0.717) is 5.56 Å². The molecule has 0 aliphatic heterocycles. The van der Waals surface area contributed by atoms with Crippen molar-refractivity contribution >= 4 is 31.0 Å². The maximum Gasteiger partial charge on any atom is 0.211 e. The molecule has 6 nitrogen and oxygen atoms in total. The second-order valence-electron chi connectivity index (χ2n) is 6.46. The average molecular weight is 420 g/mol. The number of pyridine rings is 1. The lowest BCUT2D eigenvalue weighted by Gasteiger charge is -2.08. The van der Waals surface area contributed by atoms with E-state index < -0.39 is 30.4 Å². The van der Waals surface area contributed by atoms with Gasteiger partial charge in [-0.05, 0) is 19.1 Å². The summed E-state index contributed by atoms with van der Waals surface area (Å²) in [4.78, 5) is 12.6. The SMILES string of the molecule is CCS(=O)(=O)c1c(S(=O)(=O)CC)c2ccccn2c1C(=O)c1ccc(C)cc1. The molecule has 0 aliphatic carbocycles. The molecule has 1 aromatic carbocycles. The van der Waals surface area contributed by atoms with E-state index in [0.717, 1.165) is 5.56 Å². The third-order valence-electron chi connectivity index (χ3n) is 4.67. The Balaban J connectivity index is 2.51. The molecule has 0 aliphatic rings. The van der Waals surface area contributed by atoms with Crippen LogP contribution in [-0.4, -0.2) is 38.5 Å². The van der Waals surface area contributed by atoms with Gasteiger partial charge in [-0.2, -0.15) is 0 Å². The van der Waals surface area contributed by atoms with Crippen LogP contribution in [0.1, 0.15) is 35.5 Å². The fourth-order valence-corrected chi connectivity index (χ4v) is 6.16. The molecule has 148 valence electrons. The van der Waals surface area contributed by atoms with E-state index in [1.54, 1.807) is 36.4 Å². The fraction of sp³-hybridized carbons (Fsp3) is 0.250. The van der Waals surface area contributed by atoms with Gasteiger partial charge in [-0.3, -0.25) is 4.79 Å². The van der Waals surface area contributed by atoms with Crippen LogP contribution >= 0.6 is 0 Å². The molecule has 0 bridgehead atoms. The standard InChI is InChI=1S/C20H21NO5S2/c1-4-27(23,24)19-16-8-6-7-13-21(16)17(20(19)28(25,26)5-2)18(22)15-11-9-14(3)10-12-15/h6-13H,4-5H2,1-3H3. The van der Waals surface area contributed by atoms with Crippen molar-refractivity contribution in [3.05, 3.63) is 65.5 Å². The average Bonchev–Trinajstić information content (AvgIpc) is 3.05. The van der Waals surface area contributed by atoms with Crippen molar-refractivity contribution in [2.75, 3.05) is 11.5 Å². The first-order valence-electron chi connectivity index (χ1n) is 8.84. The van der Waals surface area contributed by atoms with Crippen LogP contribution in [0.2, 0.25) is 0 Å². The number of aromatic nitrogens is 1. The Hall–Kier alpha value is -2.45. The molecule has 0 fully saturated rings. The lowest BCUT2D eigenvalue weighted by molar-refractivity contribution is 0.103. The minimum atomic E-state index is -4.00. The lowest BCUT2D eigenvalue weighted by atomic mass is 10.1. The molecular formula is C20H21NO5S2. The van der Waals surface area contributed by atoms with Gasteiger partial charge in [0.15, 0.2) is 19.7 Å². The predicted molar refractivity (Wildman–Crippen MR) is 107 cm³/mol. The van der Waals surface area contributed by atoms with Crippen LogP contribution in [0.5, 0.6) is 0 Å². The Morgan fingerprint density at radius 2 is 1.43 bits per heavy atom. The molecule has 2 aromatic heterocycles. The maximum atomic E-state index is 13.3. The van der Waals surface area contributed by atoms with Gasteiger partial charge in [0.05, 0.1) is 17.0 Å². The Morgan fingerprint density at radius 1 is 0.857 bits per heavy atom. The number of carbonyl (C=O) groups is 1. The number of rotatable bonds is 6. The van der Waals surface area contributed by atoms with Gasteiger partial charge in [-0.15, -0.1) is 0 Å². The molecule has 3 aromatic rings. The first kappa shape index (κ1) is 20.3. The minimum absolute atomic E-state index is 0.145. The van der Waals surface area contributed by atoms with E-state index in [2.05, 4.69) is 0 Å². The monoisotopic (exact) mass is 419 g/mol. The minimum Gasteiger partial charge on any atom is -0.311 e. The van der Waals surface area contributed by atoms with Crippen LogP contribution in [-0.2, 0) is 19.7 Å². The fourth-order valence-electron chi connectivity index (χ4n) is 3.09. The number of ketones is 1. The van der Waals surface area contributed by atoms with Crippen molar-refractivity contribution in [2.45, 2.75) is 30.6 Å². The molecule has 0 atom stereocenters. The van der Waals surface area contributed by atoms with Crippen molar-refractivity contribution in [3.8, 4) is 0 Å². The highest BCUT2D eigenvalue weighted by atomic mass is 32.2. The van der Waals surface area contributed by atoms with Crippen LogP contribution in [0, 0.1) is 6.92 Å². The topological polar surface area (TPSA) is 89.8 Å². The number of nitrogens with zero attached hydrogens (tertiary/aromatic N) is 1. The predicted octanol–water partition coefficient (Wildman–Crippen LogP) is 3.07. The van der Waals surface area contributed by atoms with E-state index in [4.69, 9.17) is 0 Å². The van der Waals surface area contributed by atoms with Gasteiger partial charge < -0.3 is 4.40 Å². The zero-order chi connectivity index (χ0) is 20.7. The number of aryl methyl sites for hydroxylation is 1. The number of fused-ring (bicyclic) bond motifs is 1. The molecule has 3 rings (SSSR count). The van der Waals surface area contributed by atoms with Gasteiger partial charge in [0.1, 0.15) is 15.5 Å².